The number of anilines is 1. The number of rotatable bonds is 9. The maximum Gasteiger partial charge on any atom is 0.252 e. The predicted molar refractivity (Wildman–Crippen MR) is 112 cm³/mol. The smallest absolute Gasteiger partial charge is 0.252 e. The molecule has 0 aliphatic carbocycles. The SMILES string of the molecule is COc1ccc(-c2oc(NS(=O)(=O)CCCBr)c(O[Si](C)(C)C)c2O)cc1. The van der Waals surface area contributed by atoms with Gasteiger partial charge in [0.2, 0.25) is 29.8 Å². The number of alkyl halides is 1. The van der Waals surface area contributed by atoms with E-state index in [4.69, 9.17) is 13.6 Å². The van der Waals surface area contributed by atoms with Gasteiger partial charge in [0.15, 0.2) is 5.76 Å². The molecule has 1 aromatic carbocycles. The zero-order valence-electron chi connectivity index (χ0n) is 15.7. The molecule has 2 rings (SSSR count). The number of benzene rings is 1. The van der Waals surface area contributed by atoms with Crippen molar-refractivity contribution in [3.63, 3.8) is 0 Å². The van der Waals surface area contributed by atoms with Crippen LogP contribution in [0.5, 0.6) is 17.2 Å². The van der Waals surface area contributed by atoms with Gasteiger partial charge in [-0.2, -0.15) is 0 Å². The van der Waals surface area contributed by atoms with Gasteiger partial charge in [0, 0.05) is 10.9 Å². The maximum atomic E-state index is 12.3. The molecule has 7 nitrogen and oxygen atoms in total. The number of halogens is 1. The fourth-order valence-corrected chi connectivity index (χ4v) is 4.75. The minimum absolute atomic E-state index is 0.0161. The summed E-state index contributed by atoms with van der Waals surface area (Å²) < 4.78 is 43.7. The molecule has 0 aliphatic heterocycles. The first-order valence-electron chi connectivity index (χ1n) is 8.32. The van der Waals surface area contributed by atoms with Gasteiger partial charge in [0.1, 0.15) is 5.75 Å². The largest absolute Gasteiger partial charge is 0.538 e. The van der Waals surface area contributed by atoms with Gasteiger partial charge in [-0.05, 0) is 50.3 Å². The zero-order valence-corrected chi connectivity index (χ0v) is 19.1. The number of nitrogens with one attached hydrogen (secondary N) is 1. The third-order valence-electron chi connectivity index (χ3n) is 3.40. The summed E-state index contributed by atoms with van der Waals surface area (Å²) >= 11 is 3.21. The van der Waals surface area contributed by atoms with Crippen molar-refractivity contribution in [2.75, 3.05) is 22.9 Å². The summed E-state index contributed by atoms with van der Waals surface area (Å²) in [5, 5.41) is 11.2. The van der Waals surface area contributed by atoms with Crippen LogP contribution >= 0.6 is 15.9 Å². The number of ether oxygens (including phenoxy) is 1. The molecule has 0 bridgehead atoms. The van der Waals surface area contributed by atoms with E-state index in [9.17, 15) is 13.5 Å². The second-order valence-electron chi connectivity index (χ2n) is 6.84. The lowest BCUT2D eigenvalue weighted by Crippen LogP contribution is -2.29. The molecule has 0 saturated carbocycles. The zero-order chi connectivity index (χ0) is 20.2. The summed E-state index contributed by atoms with van der Waals surface area (Å²) in [6.07, 6.45) is 0.442. The van der Waals surface area contributed by atoms with Gasteiger partial charge < -0.3 is 18.7 Å². The first kappa shape index (κ1) is 21.6. The van der Waals surface area contributed by atoms with Crippen molar-refractivity contribution < 1.29 is 27.1 Å². The Morgan fingerprint density at radius 1 is 1.22 bits per heavy atom. The van der Waals surface area contributed by atoms with Crippen molar-refractivity contribution in [1.82, 2.24) is 0 Å². The summed E-state index contributed by atoms with van der Waals surface area (Å²) in [7, 11) is -4.23. The molecule has 10 heteroatoms. The highest BCUT2D eigenvalue weighted by Gasteiger charge is 2.29. The van der Waals surface area contributed by atoms with Gasteiger partial charge in [0.25, 0.3) is 5.88 Å². The maximum absolute atomic E-state index is 12.3. The van der Waals surface area contributed by atoms with Crippen molar-refractivity contribution in [1.29, 1.82) is 0 Å². The van der Waals surface area contributed by atoms with E-state index in [1.54, 1.807) is 31.4 Å². The summed E-state index contributed by atoms with van der Waals surface area (Å²) in [6.45, 7) is 5.78. The Morgan fingerprint density at radius 2 is 1.85 bits per heavy atom. The number of methoxy groups -OCH3 is 1. The highest BCUT2D eigenvalue weighted by molar-refractivity contribution is 9.09. The van der Waals surface area contributed by atoms with E-state index in [1.165, 1.54) is 0 Å². The van der Waals surface area contributed by atoms with E-state index in [0.29, 0.717) is 23.1 Å². The van der Waals surface area contributed by atoms with Gasteiger partial charge in [-0.25, -0.2) is 13.1 Å². The second kappa shape index (κ2) is 8.57. The molecule has 0 spiro atoms. The minimum Gasteiger partial charge on any atom is -0.538 e. The predicted octanol–water partition coefficient (Wildman–Crippen LogP) is 4.40. The molecule has 2 aromatic rings. The highest BCUT2D eigenvalue weighted by atomic mass is 79.9. The summed E-state index contributed by atoms with van der Waals surface area (Å²) in [5.74, 6) is 0.367. The Hall–Kier alpha value is -1.65. The number of aromatic hydroxyl groups is 1. The lowest BCUT2D eigenvalue weighted by Gasteiger charge is -2.19. The Balaban J connectivity index is 2.47. The van der Waals surface area contributed by atoms with Crippen molar-refractivity contribution in [2.45, 2.75) is 26.1 Å². The third kappa shape index (κ3) is 5.91. The minimum atomic E-state index is -3.64. The third-order valence-corrected chi connectivity index (χ3v) is 6.10. The Labute approximate surface area is 169 Å². The number of furan rings is 1. The monoisotopic (exact) mass is 477 g/mol. The number of sulfonamides is 1. The fourth-order valence-electron chi connectivity index (χ4n) is 2.25. The van der Waals surface area contributed by atoms with E-state index < -0.39 is 18.3 Å². The van der Waals surface area contributed by atoms with E-state index in [0.717, 1.165) is 0 Å². The van der Waals surface area contributed by atoms with Crippen LogP contribution in [0.1, 0.15) is 6.42 Å². The molecule has 0 fully saturated rings. The molecule has 27 heavy (non-hydrogen) atoms. The molecule has 0 atom stereocenters. The van der Waals surface area contributed by atoms with Crippen LogP contribution in [-0.4, -0.2) is 40.0 Å². The Morgan fingerprint density at radius 3 is 2.37 bits per heavy atom. The van der Waals surface area contributed by atoms with Gasteiger partial charge in [-0.15, -0.1) is 0 Å². The number of hydrogen-bond acceptors (Lipinski definition) is 6. The average molecular weight is 478 g/mol. The van der Waals surface area contributed by atoms with Gasteiger partial charge >= 0.3 is 0 Å². The summed E-state index contributed by atoms with van der Waals surface area (Å²) in [4.78, 5) is 0. The molecular weight excluding hydrogens is 454 g/mol. The lowest BCUT2D eigenvalue weighted by atomic mass is 10.1. The van der Waals surface area contributed by atoms with Crippen molar-refractivity contribution in [2.24, 2.45) is 0 Å². The number of hydrogen-bond donors (Lipinski definition) is 2. The van der Waals surface area contributed by atoms with Crippen LogP contribution in [-0.2, 0) is 10.0 Å². The van der Waals surface area contributed by atoms with Crippen molar-refractivity contribution in [3.05, 3.63) is 24.3 Å². The topological polar surface area (TPSA) is 98.0 Å². The molecule has 1 heterocycles. The van der Waals surface area contributed by atoms with Crippen molar-refractivity contribution in [3.8, 4) is 28.6 Å². The molecule has 2 N–H and O–H groups in total. The molecular formula is C17H24BrNO6SSi. The van der Waals surface area contributed by atoms with E-state index in [2.05, 4.69) is 20.7 Å². The molecule has 1 aromatic heterocycles. The van der Waals surface area contributed by atoms with E-state index >= 15 is 0 Å². The summed E-state index contributed by atoms with van der Waals surface area (Å²) in [5.41, 5.74) is 0.569. The fraction of sp³-hybridized carbons (Fsp3) is 0.412. The Bertz CT molecular complexity index is 874. The van der Waals surface area contributed by atoms with Gasteiger partial charge in [-0.1, -0.05) is 15.9 Å². The quantitative estimate of drug-likeness (QED) is 0.410. The standard InChI is InChI=1S/C17H24BrNO6SSi/c1-23-13-8-6-12(7-9-13)15-14(20)16(25-27(2,3)4)17(24-15)19-26(21,22)11-5-10-18/h6-9,19-20H,5,10-11H2,1-4H3. The molecule has 0 radical (unpaired) electrons. The summed E-state index contributed by atoms with van der Waals surface area (Å²) in [6, 6.07) is 6.85. The van der Waals surface area contributed by atoms with Gasteiger partial charge in [0.05, 0.1) is 12.9 Å². The van der Waals surface area contributed by atoms with Crippen LogP contribution in [0.3, 0.4) is 0 Å². The highest BCUT2D eigenvalue weighted by Crippen LogP contribution is 2.47. The molecule has 0 amide bonds. The lowest BCUT2D eigenvalue weighted by molar-refractivity contribution is 0.414. The van der Waals surface area contributed by atoms with Crippen LogP contribution in [0.4, 0.5) is 5.88 Å². The molecule has 0 unspecified atom stereocenters. The van der Waals surface area contributed by atoms with Crippen LogP contribution in [0, 0.1) is 0 Å². The first-order valence-corrected chi connectivity index (χ1v) is 14.5. The Kier molecular flexibility index (Phi) is 6.87. The van der Waals surface area contributed by atoms with Crippen LogP contribution in [0.2, 0.25) is 19.6 Å². The van der Waals surface area contributed by atoms with Gasteiger partial charge in [-0.3, -0.25) is 0 Å². The molecule has 0 aliphatic rings. The first-order chi connectivity index (χ1) is 12.6. The van der Waals surface area contributed by atoms with Crippen LogP contribution in [0.25, 0.3) is 11.3 Å². The van der Waals surface area contributed by atoms with E-state index in [1.807, 2.05) is 19.6 Å². The molecule has 150 valence electrons. The second-order valence-corrected chi connectivity index (χ2v) is 13.9. The van der Waals surface area contributed by atoms with Crippen LogP contribution < -0.4 is 13.9 Å². The van der Waals surface area contributed by atoms with E-state index in [-0.39, 0.29) is 28.9 Å². The van der Waals surface area contributed by atoms with Crippen LogP contribution in [0.15, 0.2) is 28.7 Å². The normalized spacial score (nSPS) is 12.0. The average Bonchev–Trinajstić information content (AvgIpc) is 2.87. The van der Waals surface area contributed by atoms with Crippen molar-refractivity contribution >= 4 is 40.2 Å². The molecule has 0 saturated heterocycles.